The van der Waals surface area contributed by atoms with Gasteiger partial charge in [-0.3, -0.25) is 18.1 Å². The molecular formula is C35H34N2O8S3. The van der Waals surface area contributed by atoms with Crippen LogP contribution in [0, 0.1) is 25.2 Å². The maximum Gasteiger partial charge on any atom is 0.358 e. The van der Waals surface area contributed by atoms with Crippen LogP contribution < -0.4 is 0 Å². The highest BCUT2D eigenvalue weighted by atomic mass is 32.2. The van der Waals surface area contributed by atoms with Crippen LogP contribution in [0.5, 0.6) is 0 Å². The van der Waals surface area contributed by atoms with E-state index in [0.29, 0.717) is 16.7 Å². The van der Waals surface area contributed by atoms with Gasteiger partial charge < -0.3 is 0 Å². The van der Waals surface area contributed by atoms with E-state index < -0.39 is 25.8 Å². The molecule has 0 aromatic heterocycles. The second kappa shape index (κ2) is 16.0. The van der Waals surface area contributed by atoms with Gasteiger partial charge in [0.15, 0.2) is 17.3 Å². The lowest BCUT2D eigenvalue weighted by Crippen LogP contribution is -2.37. The maximum atomic E-state index is 12.6. The zero-order valence-electron chi connectivity index (χ0n) is 27.1. The molecule has 250 valence electrons. The standard InChI is InChI=1S/C18H20O4S2.C17H14N2O4S/c1-13-5-11-16(12-6-13)24(20,21)22-18(2,3)17(19)14-7-9-15(23-4)10-8-14;1-12-3-9-16(10-4-12)24(21,22)23-19-17(11-18)15-7-5-14(6-8-15)13(2)20/h5-12H,1-4H3;3-10H,1-2H3/b;19-17+. The number of hydrogen-bond donors (Lipinski definition) is 0. The molecule has 0 bridgehead atoms. The lowest BCUT2D eigenvalue weighted by molar-refractivity contribution is 0.0605. The minimum atomic E-state index is -4.10. The summed E-state index contributed by atoms with van der Waals surface area (Å²) < 4.78 is 58.8. The minimum absolute atomic E-state index is 0.0340. The van der Waals surface area contributed by atoms with E-state index in [-0.39, 0.29) is 27.1 Å². The van der Waals surface area contributed by atoms with Gasteiger partial charge >= 0.3 is 10.1 Å². The molecule has 48 heavy (non-hydrogen) atoms. The van der Waals surface area contributed by atoms with Crippen LogP contribution in [0.15, 0.2) is 117 Å². The summed E-state index contributed by atoms with van der Waals surface area (Å²) in [5.41, 5.74) is 1.38. The van der Waals surface area contributed by atoms with E-state index in [9.17, 15) is 26.4 Å². The fourth-order valence-corrected chi connectivity index (χ4v) is 6.32. The quantitative estimate of drug-likeness (QED) is 0.0528. The number of ketones is 2. The SMILES string of the molecule is CC(=O)c1ccc(/C(C#N)=N/OS(=O)(=O)c2ccc(C)cc2)cc1.CSc1ccc(C(=O)C(C)(C)OS(=O)(=O)c2ccc(C)cc2)cc1. The third-order valence-corrected chi connectivity index (χ3v) is 10.1. The summed E-state index contributed by atoms with van der Waals surface area (Å²) in [5, 5.41) is 12.6. The Morgan fingerprint density at radius 3 is 1.58 bits per heavy atom. The molecule has 0 aliphatic rings. The highest BCUT2D eigenvalue weighted by Crippen LogP contribution is 2.25. The number of thioether (sulfide) groups is 1. The molecule has 0 aliphatic heterocycles. The molecule has 0 amide bonds. The smallest absolute Gasteiger partial charge is 0.295 e. The second-order valence-electron chi connectivity index (χ2n) is 10.9. The number of carbonyl (C=O) groups is 2. The molecular weight excluding hydrogens is 673 g/mol. The Bertz CT molecular complexity index is 2050. The summed E-state index contributed by atoms with van der Waals surface area (Å²) in [7, 11) is -8.13. The molecule has 0 N–H and O–H groups in total. The van der Waals surface area contributed by atoms with Crippen LogP contribution in [0.3, 0.4) is 0 Å². The van der Waals surface area contributed by atoms with Crippen LogP contribution in [0.25, 0.3) is 0 Å². The summed E-state index contributed by atoms with van der Waals surface area (Å²) in [6.45, 7) is 8.04. The van der Waals surface area contributed by atoms with Gasteiger partial charge in [-0.05, 0) is 77.3 Å². The number of carbonyl (C=O) groups excluding carboxylic acids is 2. The van der Waals surface area contributed by atoms with E-state index in [1.807, 2.05) is 32.2 Å². The lowest BCUT2D eigenvalue weighted by atomic mass is 9.97. The van der Waals surface area contributed by atoms with Gasteiger partial charge in [-0.25, -0.2) is 0 Å². The topological polar surface area (TPSA) is 157 Å². The Hall–Kier alpha value is -4.61. The lowest BCUT2D eigenvalue weighted by Gasteiger charge is -2.23. The highest BCUT2D eigenvalue weighted by molar-refractivity contribution is 7.98. The number of benzene rings is 4. The summed E-state index contributed by atoms with van der Waals surface area (Å²) in [6, 6.07) is 27.2. The fourth-order valence-electron chi connectivity index (χ4n) is 3.99. The van der Waals surface area contributed by atoms with E-state index in [1.165, 1.54) is 69.3 Å². The van der Waals surface area contributed by atoms with Gasteiger partial charge in [-0.15, -0.1) is 11.8 Å². The van der Waals surface area contributed by atoms with Crippen molar-refractivity contribution in [2.24, 2.45) is 5.16 Å². The third-order valence-electron chi connectivity index (χ3n) is 6.73. The molecule has 0 atom stereocenters. The molecule has 0 fully saturated rings. The Morgan fingerprint density at radius 2 is 1.15 bits per heavy atom. The Labute approximate surface area is 285 Å². The minimum Gasteiger partial charge on any atom is -0.295 e. The van der Waals surface area contributed by atoms with E-state index in [2.05, 4.69) is 9.44 Å². The van der Waals surface area contributed by atoms with Crippen molar-refractivity contribution in [3.05, 3.63) is 125 Å². The van der Waals surface area contributed by atoms with Crippen molar-refractivity contribution in [1.82, 2.24) is 0 Å². The van der Waals surface area contributed by atoms with Crippen LogP contribution in [-0.4, -0.2) is 46.0 Å². The third kappa shape index (κ3) is 10.2. The largest absolute Gasteiger partial charge is 0.358 e. The van der Waals surface area contributed by atoms with Crippen molar-refractivity contribution < 1.29 is 34.9 Å². The van der Waals surface area contributed by atoms with Gasteiger partial charge in [-0.2, -0.15) is 22.1 Å². The van der Waals surface area contributed by atoms with Gasteiger partial charge in [0.2, 0.25) is 0 Å². The summed E-state index contributed by atoms with van der Waals surface area (Å²) in [5.74, 6) is -0.499. The van der Waals surface area contributed by atoms with Crippen LogP contribution in [-0.2, 0) is 28.7 Å². The molecule has 0 unspecified atom stereocenters. The van der Waals surface area contributed by atoms with E-state index in [0.717, 1.165) is 16.0 Å². The Balaban J connectivity index is 0.000000260. The number of rotatable bonds is 11. The van der Waals surface area contributed by atoms with E-state index in [4.69, 9.17) is 9.44 Å². The first-order valence-electron chi connectivity index (χ1n) is 14.3. The van der Waals surface area contributed by atoms with Gasteiger partial charge in [0.1, 0.15) is 16.6 Å². The van der Waals surface area contributed by atoms with Gasteiger partial charge in [0.25, 0.3) is 10.1 Å². The summed E-state index contributed by atoms with van der Waals surface area (Å²) in [6.07, 6.45) is 1.94. The number of hydrogen-bond acceptors (Lipinski definition) is 11. The zero-order valence-corrected chi connectivity index (χ0v) is 29.6. The first-order valence-corrected chi connectivity index (χ1v) is 18.3. The summed E-state index contributed by atoms with van der Waals surface area (Å²) >= 11 is 1.57. The molecule has 4 aromatic rings. The van der Waals surface area contributed by atoms with Crippen molar-refractivity contribution in [2.75, 3.05) is 6.26 Å². The molecule has 0 heterocycles. The first-order chi connectivity index (χ1) is 22.5. The normalized spacial score (nSPS) is 11.9. The number of aryl methyl sites for hydroxylation is 2. The van der Waals surface area contributed by atoms with E-state index in [1.54, 1.807) is 54.2 Å². The molecule has 13 heteroatoms. The average molecular weight is 707 g/mol. The molecule has 10 nitrogen and oxygen atoms in total. The monoisotopic (exact) mass is 706 g/mol. The maximum absolute atomic E-state index is 12.6. The number of nitriles is 1. The van der Waals surface area contributed by atoms with Crippen molar-refractivity contribution in [2.45, 2.75) is 54.9 Å². The number of nitrogens with zero attached hydrogens (tertiary/aromatic N) is 2. The van der Waals surface area contributed by atoms with Crippen LogP contribution in [0.2, 0.25) is 0 Å². The highest BCUT2D eigenvalue weighted by Gasteiger charge is 2.36. The second-order valence-corrected chi connectivity index (χ2v) is 14.9. The zero-order chi connectivity index (χ0) is 35.7. The van der Waals surface area contributed by atoms with Gasteiger partial charge in [0, 0.05) is 21.6 Å². The molecule has 0 saturated heterocycles. The van der Waals surface area contributed by atoms with E-state index >= 15 is 0 Å². The predicted molar refractivity (Wildman–Crippen MR) is 184 cm³/mol. The molecule has 0 aliphatic carbocycles. The Kier molecular flexibility index (Phi) is 12.6. The summed E-state index contributed by atoms with van der Waals surface area (Å²) in [4.78, 5) is 24.9. The average Bonchev–Trinajstić information content (AvgIpc) is 3.05. The molecule has 0 spiro atoms. The number of Topliss-reactive ketones (excluding diaryl/α,β-unsaturated/α-hetero) is 2. The molecule has 4 rings (SSSR count). The molecule has 4 aromatic carbocycles. The first kappa shape index (κ1) is 37.8. The Morgan fingerprint density at radius 1 is 0.708 bits per heavy atom. The van der Waals surface area contributed by atoms with Crippen LogP contribution in [0.1, 0.15) is 58.2 Å². The predicted octanol–water partition coefficient (Wildman–Crippen LogP) is 6.91. The fraction of sp³-hybridized carbons (Fsp3) is 0.200. The van der Waals surface area contributed by atoms with Gasteiger partial charge in [-0.1, -0.05) is 76.9 Å². The van der Waals surface area contributed by atoms with Crippen molar-refractivity contribution in [1.29, 1.82) is 5.26 Å². The van der Waals surface area contributed by atoms with Crippen molar-refractivity contribution in [3.63, 3.8) is 0 Å². The van der Waals surface area contributed by atoms with Crippen LogP contribution >= 0.6 is 11.8 Å². The van der Waals surface area contributed by atoms with Crippen molar-refractivity contribution >= 4 is 49.3 Å². The van der Waals surface area contributed by atoms with Crippen molar-refractivity contribution in [3.8, 4) is 6.07 Å². The number of oxime groups is 1. The molecule has 0 saturated carbocycles. The van der Waals surface area contributed by atoms with Gasteiger partial charge in [0.05, 0.1) is 4.90 Å². The molecule has 0 radical (unpaired) electrons. The van der Waals surface area contributed by atoms with Crippen LogP contribution in [0.4, 0.5) is 0 Å².